The molecule has 0 radical (unpaired) electrons. The standard InChI is InChI=1S/C14H24O3/c1-14(2,3)17-13(16)10-12(15)11-8-6-4-5-7-9-11/h11H,4-10H2,1-3H3. The second kappa shape index (κ2) is 6.18. The van der Waals surface area contributed by atoms with Crippen molar-refractivity contribution >= 4 is 11.8 Å². The number of rotatable bonds is 3. The Morgan fingerprint density at radius 2 is 1.59 bits per heavy atom. The van der Waals surface area contributed by atoms with Gasteiger partial charge in [0, 0.05) is 5.92 Å². The Hall–Kier alpha value is -0.860. The summed E-state index contributed by atoms with van der Waals surface area (Å²) in [4.78, 5) is 23.5. The van der Waals surface area contributed by atoms with Gasteiger partial charge in [0.1, 0.15) is 17.8 Å². The van der Waals surface area contributed by atoms with E-state index in [1.54, 1.807) is 0 Å². The van der Waals surface area contributed by atoms with Crippen molar-refractivity contribution in [3.05, 3.63) is 0 Å². The van der Waals surface area contributed by atoms with E-state index >= 15 is 0 Å². The molecule has 0 atom stereocenters. The van der Waals surface area contributed by atoms with Crippen LogP contribution in [0.25, 0.3) is 0 Å². The van der Waals surface area contributed by atoms with E-state index in [1.165, 1.54) is 12.8 Å². The molecular weight excluding hydrogens is 216 g/mol. The maximum atomic E-state index is 11.9. The van der Waals surface area contributed by atoms with Gasteiger partial charge in [-0.1, -0.05) is 25.7 Å². The van der Waals surface area contributed by atoms with Crippen molar-refractivity contribution in [2.24, 2.45) is 5.92 Å². The average molecular weight is 240 g/mol. The van der Waals surface area contributed by atoms with E-state index in [0.29, 0.717) is 0 Å². The predicted molar refractivity (Wildman–Crippen MR) is 66.7 cm³/mol. The summed E-state index contributed by atoms with van der Waals surface area (Å²) in [6.45, 7) is 5.46. The van der Waals surface area contributed by atoms with Crippen LogP contribution in [0, 0.1) is 5.92 Å². The topological polar surface area (TPSA) is 43.4 Å². The largest absolute Gasteiger partial charge is 0.460 e. The smallest absolute Gasteiger partial charge is 0.313 e. The van der Waals surface area contributed by atoms with E-state index < -0.39 is 5.60 Å². The lowest BCUT2D eigenvalue weighted by molar-refractivity contribution is -0.156. The summed E-state index contributed by atoms with van der Waals surface area (Å²) >= 11 is 0. The molecule has 1 aliphatic rings. The minimum absolute atomic E-state index is 0.0536. The van der Waals surface area contributed by atoms with Gasteiger partial charge < -0.3 is 4.74 Å². The van der Waals surface area contributed by atoms with Gasteiger partial charge in [0.2, 0.25) is 0 Å². The lowest BCUT2D eigenvalue weighted by Crippen LogP contribution is -2.27. The zero-order valence-electron chi connectivity index (χ0n) is 11.3. The molecule has 0 heterocycles. The summed E-state index contributed by atoms with van der Waals surface area (Å²) in [5.74, 6) is -0.224. The highest BCUT2D eigenvalue weighted by Crippen LogP contribution is 2.24. The molecule has 1 rings (SSSR count). The lowest BCUT2D eigenvalue weighted by atomic mass is 9.93. The van der Waals surface area contributed by atoms with Gasteiger partial charge in [-0.3, -0.25) is 9.59 Å². The number of carbonyl (C=O) groups is 2. The molecule has 3 nitrogen and oxygen atoms in total. The highest BCUT2D eigenvalue weighted by molar-refractivity contribution is 5.96. The number of ether oxygens (including phenoxy) is 1. The average Bonchev–Trinajstić information content (AvgIpc) is 2.41. The van der Waals surface area contributed by atoms with Crippen LogP contribution >= 0.6 is 0 Å². The van der Waals surface area contributed by atoms with E-state index in [-0.39, 0.29) is 24.1 Å². The molecule has 0 amide bonds. The SMILES string of the molecule is CC(C)(C)OC(=O)CC(=O)C1CCCCCC1. The Morgan fingerprint density at radius 3 is 2.06 bits per heavy atom. The molecule has 0 saturated heterocycles. The first-order valence-corrected chi connectivity index (χ1v) is 6.63. The molecule has 1 aliphatic carbocycles. The molecular formula is C14H24O3. The van der Waals surface area contributed by atoms with Crippen molar-refractivity contribution in [1.82, 2.24) is 0 Å². The van der Waals surface area contributed by atoms with Gasteiger partial charge >= 0.3 is 5.97 Å². The Balaban J connectivity index is 2.39. The quantitative estimate of drug-likeness (QED) is 0.432. The van der Waals surface area contributed by atoms with Crippen LogP contribution in [-0.4, -0.2) is 17.4 Å². The van der Waals surface area contributed by atoms with Gasteiger partial charge in [-0.05, 0) is 33.6 Å². The molecule has 98 valence electrons. The summed E-state index contributed by atoms with van der Waals surface area (Å²) in [6.07, 6.45) is 6.51. The van der Waals surface area contributed by atoms with Crippen LogP contribution in [-0.2, 0) is 14.3 Å². The number of Topliss-reactive ketones (excluding diaryl/α,β-unsaturated/α-hetero) is 1. The molecule has 0 bridgehead atoms. The van der Waals surface area contributed by atoms with E-state index in [1.807, 2.05) is 20.8 Å². The third-order valence-electron chi connectivity index (χ3n) is 3.05. The highest BCUT2D eigenvalue weighted by atomic mass is 16.6. The third-order valence-corrected chi connectivity index (χ3v) is 3.05. The fraction of sp³-hybridized carbons (Fsp3) is 0.857. The summed E-state index contributed by atoms with van der Waals surface area (Å²) in [5.41, 5.74) is -0.499. The fourth-order valence-electron chi connectivity index (χ4n) is 2.27. The van der Waals surface area contributed by atoms with Gasteiger partial charge in [0.05, 0.1) is 0 Å². The molecule has 0 N–H and O–H groups in total. The minimum atomic E-state index is -0.499. The molecule has 0 aromatic rings. The molecule has 17 heavy (non-hydrogen) atoms. The van der Waals surface area contributed by atoms with Gasteiger partial charge in [-0.25, -0.2) is 0 Å². The van der Waals surface area contributed by atoms with Crippen molar-refractivity contribution in [2.45, 2.75) is 71.3 Å². The van der Waals surface area contributed by atoms with Crippen LogP contribution < -0.4 is 0 Å². The van der Waals surface area contributed by atoms with Crippen LogP contribution in [0.5, 0.6) is 0 Å². The summed E-state index contributed by atoms with van der Waals surface area (Å²) < 4.78 is 5.17. The molecule has 0 unspecified atom stereocenters. The van der Waals surface area contributed by atoms with Gasteiger partial charge in [0.25, 0.3) is 0 Å². The first kappa shape index (κ1) is 14.2. The highest BCUT2D eigenvalue weighted by Gasteiger charge is 2.24. The van der Waals surface area contributed by atoms with Crippen molar-refractivity contribution in [3.8, 4) is 0 Å². The van der Waals surface area contributed by atoms with Crippen LogP contribution in [0.1, 0.15) is 65.7 Å². The monoisotopic (exact) mass is 240 g/mol. The Kier molecular flexibility index (Phi) is 5.16. The van der Waals surface area contributed by atoms with Crippen molar-refractivity contribution in [1.29, 1.82) is 0 Å². The zero-order valence-corrected chi connectivity index (χ0v) is 11.3. The molecule has 0 aromatic carbocycles. The minimum Gasteiger partial charge on any atom is -0.460 e. The van der Waals surface area contributed by atoms with Crippen LogP contribution in [0.2, 0.25) is 0 Å². The molecule has 1 saturated carbocycles. The Morgan fingerprint density at radius 1 is 1.06 bits per heavy atom. The summed E-state index contributed by atoms with van der Waals surface area (Å²) in [6, 6.07) is 0. The third kappa shape index (κ3) is 5.85. The second-order valence-electron chi connectivity index (χ2n) is 5.92. The number of hydrogen-bond acceptors (Lipinski definition) is 3. The van der Waals surface area contributed by atoms with Crippen molar-refractivity contribution < 1.29 is 14.3 Å². The van der Waals surface area contributed by atoms with E-state index in [9.17, 15) is 9.59 Å². The maximum absolute atomic E-state index is 11.9. The Bertz CT molecular complexity index is 268. The van der Waals surface area contributed by atoms with Gasteiger partial charge in [-0.15, -0.1) is 0 Å². The molecule has 1 fully saturated rings. The molecule has 0 aromatic heterocycles. The van der Waals surface area contributed by atoms with E-state index in [4.69, 9.17) is 4.74 Å². The van der Waals surface area contributed by atoms with Crippen LogP contribution in [0.15, 0.2) is 0 Å². The number of carbonyl (C=O) groups excluding carboxylic acids is 2. The van der Waals surface area contributed by atoms with Gasteiger partial charge in [0.15, 0.2) is 0 Å². The molecule has 3 heteroatoms. The number of ketones is 1. The first-order chi connectivity index (χ1) is 7.88. The molecule has 0 aliphatic heterocycles. The van der Waals surface area contributed by atoms with Crippen LogP contribution in [0.4, 0.5) is 0 Å². The molecule has 0 spiro atoms. The van der Waals surface area contributed by atoms with E-state index in [0.717, 1.165) is 25.7 Å². The van der Waals surface area contributed by atoms with Crippen molar-refractivity contribution in [2.75, 3.05) is 0 Å². The second-order valence-corrected chi connectivity index (χ2v) is 5.92. The zero-order chi connectivity index (χ0) is 12.9. The van der Waals surface area contributed by atoms with E-state index in [2.05, 4.69) is 0 Å². The number of esters is 1. The lowest BCUT2D eigenvalue weighted by Gasteiger charge is -2.20. The van der Waals surface area contributed by atoms with Crippen LogP contribution in [0.3, 0.4) is 0 Å². The summed E-state index contributed by atoms with van der Waals surface area (Å²) in [5, 5.41) is 0. The Labute approximate surface area is 104 Å². The van der Waals surface area contributed by atoms with Crippen molar-refractivity contribution in [3.63, 3.8) is 0 Å². The number of hydrogen-bond donors (Lipinski definition) is 0. The fourth-order valence-corrected chi connectivity index (χ4v) is 2.27. The van der Waals surface area contributed by atoms with Gasteiger partial charge in [-0.2, -0.15) is 0 Å². The summed E-state index contributed by atoms with van der Waals surface area (Å²) in [7, 11) is 0. The predicted octanol–water partition coefficient (Wildman–Crippen LogP) is 3.26. The normalized spacial score (nSPS) is 18.5. The maximum Gasteiger partial charge on any atom is 0.313 e. The first-order valence-electron chi connectivity index (χ1n) is 6.63.